The Bertz CT molecular complexity index is 46.3. The molecule has 0 aromatic rings. The average molecular weight is 151 g/mol. The van der Waals surface area contributed by atoms with Gasteiger partial charge < -0.3 is 5.73 Å². The predicted molar refractivity (Wildman–Crippen MR) is 41.6 cm³/mol. The van der Waals surface area contributed by atoms with Crippen molar-refractivity contribution in [2.24, 2.45) is 5.73 Å². The van der Waals surface area contributed by atoms with Crippen molar-refractivity contribution in [2.75, 3.05) is 24.7 Å². The van der Waals surface area contributed by atoms with Gasteiger partial charge in [0.15, 0.2) is 0 Å². The van der Waals surface area contributed by atoms with Gasteiger partial charge in [-0.25, -0.2) is 0 Å². The Labute approximate surface area is 60.2 Å². The average Bonchev–Trinajstić information content (AvgIpc) is 1.89. The first-order valence-corrected chi connectivity index (χ1v) is 4.41. The molecule has 0 aromatic carbocycles. The lowest BCUT2D eigenvalue weighted by atomic mass is 10.4. The summed E-state index contributed by atoms with van der Waals surface area (Å²) in [6.45, 7) is 0.559. The number of halogens is 1. The third kappa shape index (κ3) is 8.24. The van der Waals surface area contributed by atoms with Crippen LogP contribution >= 0.6 is 11.8 Å². The molecule has 0 unspecified atom stereocenters. The van der Waals surface area contributed by atoms with Crippen molar-refractivity contribution in [3.8, 4) is 0 Å². The van der Waals surface area contributed by atoms with Gasteiger partial charge >= 0.3 is 0 Å². The Morgan fingerprint density at radius 2 is 2.00 bits per heavy atom. The largest absolute Gasteiger partial charge is 0.330 e. The molecule has 0 bridgehead atoms. The molecule has 0 aromatic heterocycles. The van der Waals surface area contributed by atoms with Crippen LogP contribution in [0.3, 0.4) is 0 Å². The summed E-state index contributed by atoms with van der Waals surface area (Å²) in [6, 6.07) is 0. The van der Waals surface area contributed by atoms with Crippen LogP contribution in [-0.2, 0) is 0 Å². The summed E-state index contributed by atoms with van der Waals surface area (Å²) in [5.41, 5.74) is 5.25. The van der Waals surface area contributed by atoms with Crippen LogP contribution in [-0.4, -0.2) is 24.7 Å². The van der Waals surface area contributed by atoms with Crippen LogP contribution in [0.25, 0.3) is 0 Å². The normalized spacial score (nSPS) is 10.0. The monoisotopic (exact) mass is 151 g/mol. The highest BCUT2D eigenvalue weighted by atomic mass is 32.2. The molecule has 0 spiro atoms. The second-order valence-corrected chi connectivity index (χ2v) is 3.02. The molecule has 9 heavy (non-hydrogen) atoms. The van der Waals surface area contributed by atoms with Gasteiger partial charge in [-0.2, -0.15) is 11.8 Å². The van der Waals surface area contributed by atoms with Crippen molar-refractivity contribution in [1.82, 2.24) is 0 Å². The molecule has 0 heterocycles. The van der Waals surface area contributed by atoms with Crippen molar-refractivity contribution < 1.29 is 4.39 Å². The number of alkyl halides is 1. The molecule has 3 heteroatoms. The zero-order valence-corrected chi connectivity index (χ0v) is 6.42. The van der Waals surface area contributed by atoms with Crippen molar-refractivity contribution in [1.29, 1.82) is 0 Å². The van der Waals surface area contributed by atoms with Crippen molar-refractivity contribution in [3.63, 3.8) is 0 Å². The van der Waals surface area contributed by atoms with Crippen LogP contribution < -0.4 is 5.73 Å². The Morgan fingerprint density at radius 1 is 1.22 bits per heavy atom. The van der Waals surface area contributed by atoms with Crippen molar-refractivity contribution in [2.45, 2.75) is 12.8 Å². The number of hydrogen-bond donors (Lipinski definition) is 1. The highest BCUT2D eigenvalue weighted by molar-refractivity contribution is 7.99. The quantitative estimate of drug-likeness (QED) is 0.581. The SMILES string of the molecule is NCCSCCCCF. The molecule has 0 aliphatic heterocycles. The van der Waals surface area contributed by atoms with Gasteiger partial charge in [-0.3, -0.25) is 4.39 Å². The smallest absolute Gasteiger partial charge is 0.0894 e. The van der Waals surface area contributed by atoms with E-state index in [4.69, 9.17) is 5.73 Å². The van der Waals surface area contributed by atoms with E-state index < -0.39 is 0 Å². The Morgan fingerprint density at radius 3 is 2.56 bits per heavy atom. The van der Waals surface area contributed by atoms with Crippen LogP contribution in [0.1, 0.15) is 12.8 Å². The van der Waals surface area contributed by atoms with Crippen LogP contribution in [0.15, 0.2) is 0 Å². The Balaban J connectivity index is 2.60. The first kappa shape index (κ1) is 9.24. The second kappa shape index (κ2) is 8.24. The minimum Gasteiger partial charge on any atom is -0.330 e. The van der Waals surface area contributed by atoms with E-state index >= 15 is 0 Å². The van der Waals surface area contributed by atoms with Gasteiger partial charge in [-0.1, -0.05) is 0 Å². The summed E-state index contributed by atoms with van der Waals surface area (Å²) < 4.78 is 11.5. The second-order valence-electron chi connectivity index (χ2n) is 1.80. The molecule has 0 aliphatic rings. The van der Waals surface area contributed by atoms with E-state index in [0.717, 1.165) is 24.5 Å². The van der Waals surface area contributed by atoms with Gasteiger partial charge in [0.25, 0.3) is 0 Å². The number of unbranched alkanes of at least 4 members (excludes halogenated alkanes) is 1. The fraction of sp³-hybridized carbons (Fsp3) is 1.00. The molecule has 0 aliphatic carbocycles. The fourth-order valence-corrected chi connectivity index (χ4v) is 1.26. The highest BCUT2D eigenvalue weighted by Crippen LogP contribution is 2.02. The van der Waals surface area contributed by atoms with Gasteiger partial charge in [0.2, 0.25) is 0 Å². The van der Waals surface area contributed by atoms with Gasteiger partial charge in [0, 0.05) is 12.3 Å². The standard InChI is InChI=1S/C6H14FNS/c7-3-1-2-5-9-6-4-8/h1-6,8H2. The van der Waals surface area contributed by atoms with E-state index in [1.54, 1.807) is 11.8 Å². The summed E-state index contributed by atoms with van der Waals surface area (Å²) in [6.07, 6.45) is 1.69. The van der Waals surface area contributed by atoms with Gasteiger partial charge in [0.05, 0.1) is 6.67 Å². The first-order chi connectivity index (χ1) is 4.41. The summed E-state index contributed by atoms with van der Waals surface area (Å²) in [4.78, 5) is 0. The van der Waals surface area contributed by atoms with Crippen molar-refractivity contribution >= 4 is 11.8 Å². The van der Waals surface area contributed by atoms with E-state index in [0.29, 0.717) is 6.42 Å². The number of rotatable bonds is 6. The lowest BCUT2D eigenvalue weighted by Crippen LogP contribution is -2.01. The Kier molecular flexibility index (Phi) is 8.46. The van der Waals surface area contributed by atoms with Crippen LogP contribution in [0.4, 0.5) is 4.39 Å². The van der Waals surface area contributed by atoms with Crippen LogP contribution in [0.2, 0.25) is 0 Å². The third-order valence-corrected chi connectivity index (χ3v) is 2.04. The summed E-state index contributed by atoms with van der Waals surface area (Å²) in [7, 11) is 0. The van der Waals surface area contributed by atoms with Crippen LogP contribution in [0.5, 0.6) is 0 Å². The molecular formula is C6H14FNS. The zero-order chi connectivity index (χ0) is 6.95. The molecule has 2 N–H and O–H groups in total. The molecule has 0 rings (SSSR count). The highest BCUT2D eigenvalue weighted by Gasteiger charge is 1.87. The summed E-state index contributed by atoms with van der Waals surface area (Å²) in [5.74, 6) is 2.06. The van der Waals surface area contributed by atoms with Gasteiger partial charge in [-0.15, -0.1) is 0 Å². The maximum atomic E-state index is 11.5. The molecule has 1 nitrogen and oxygen atoms in total. The van der Waals surface area contributed by atoms with E-state index in [1.165, 1.54) is 0 Å². The zero-order valence-electron chi connectivity index (χ0n) is 5.61. The van der Waals surface area contributed by atoms with Gasteiger partial charge in [-0.05, 0) is 18.6 Å². The van der Waals surface area contributed by atoms with Crippen LogP contribution in [0, 0.1) is 0 Å². The molecule has 0 saturated heterocycles. The summed E-state index contributed by atoms with van der Waals surface area (Å²) >= 11 is 1.80. The maximum Gasteiger partial charge on any atom is 0.0894 e. The number of nitrogens with two attached hydrogens (primary N) is 1. The molecule has 0 fully saturated rings. The third-order valence-electron chi connectivity index (χ3n) is 0.934. The maximum absolute atomic E-state index is 11.5. The molecule has 0 atom stereocenters. The van der Waals surface area contributed by atoms with Gasteiger partial charge in [0.1, 0.15) is 0 Å². The number of hydrogen-bond acceptors (Lipinski definition) is 2. The van der Waals surface area contributed by atoms with E-state index in [-0.39, 0.29) is 6.67 Å². The molecule has 0 radical (unpaired) electrons. The van der Waals surface area contributed by atoms with E-state index in [2.05, 4.69) is 0 Å². The molecular weight excluding hydrogens is 137 g/mol. The molecule has 56 valence electrons. The number of thioether (sulfide) groups is 1. The van der Waals surface area contributed by atoms with Crippen molar-refractivity contribution in [3.05, 3.63) is 0 Å². The fourth-order valence-electron chi connectivity index (χ4n) is 0.484. The lowest BCUT2D eigenvalue weighted by Gasteiger charge is -1.95. The van der Waals surface area contributed by atoms with E-state index in [1.807, 2.05) is 0 Å². The predicted octanol–water partition coefficient (Wildman–Crippen LogP) is 1.43. The summed E-state index contributed by atoms with van der Waals surface area (Å²) in [5, 5.41) is 0. The molecule has 0 amide bonds. The Hall–Kier alpha value is 0.240. The topological polar surface area (TPSA) is 26.0 Å². The van der Waals surface area contributed by atoms with E-state index in [9.17, 15) is 4.39 Å². The minimum atomic E-state index is -0.177. The molecule has 0 saturated carbocycles. The minimum absolute atomic E-state index is 0.177. The first-order valence-electron chi connectivity index (χ1n) is 3.25. The lowest BCUT2D eigenvalue weighted by molar-refractivity contribution is 0.470.